The third-order valence-corrected chi connectivity index (χ3v) is 2.87. The number of rotatable bonds is 6. The van der Waals surface area contributed by atoms with Gasteiger partial charge in [-0.3, -0.25) is 0 Å². The lowest BCUT2D eigenvalue weighted by Crippen LogP contribution is -2.33. The maximum atomic E-state index is 11.5. The minimum Gasteiger partial charge on any atom is -0.497 e. The van der Waals surface area contributed by atoms with E-state index in [9.17, 15) is 4.79 Å². The summed E-state index contributed by atoms with van der Waals surface area (Å²) in [5.41, 5.74) is 2.31. The van der Waals surface area contributed by atoms with E-state index in [0.717, 1.165) is 24.2 Å². The highest BCUT2D eigenvalue weighted by atomic mass is 16.5. The van der Waals surface area contributed by atoms with Crippen LogP contribution in [-0.2, 0) is 6.42 Å². The molecule has 104 valence electrons. The van der Waals surface area contributed by atoms with E-state index in [1.165, 1.54) is 5.56 Å². The molecular weight excluding hydrogens is 240 g/mol. The van der Waals surface area contributed by atoms with Crippen molar-refractivity contribution in [3.63, 3.8) is 0 Å². The second-order valence-corrected chi connectivity index (χ2v) is 4.34. The maximum Gasteiger partial charge on any atom is 0.318 e. The molecule has 19 heavy (non-hydrogen) atoms. The number of benzene rings is 1. The summed E-state index contributed by atoms with van der Waals surface area (Å²) >= 11 is 0. The van der Waals surface area contributed by atoms with Crippen LogP contribution in [0, 0.1) is 0 Å². The van der Waals surface area contributed by atoms with Crippen LogP contribution in [0.3, 0.4) is 0 Å². The van der Waals surface area contributed by atoms with E-state index in [1.54, 1.807) is 13.3 Å². The topological polar surface area (TPSA) is 50.4 Å². The molecule has 2 amide bonds. The molecule has 0 unspecified atom stereocenters. The number of hydrogen-bond acceptors (Lipinski definition) is 2. The lowest BCUT2D eigenvalue weighted by molar-refractivity contribution is 0.244. The second-order valence-electron chi connectivity index (χ2n) is 4.34. The number of methoxy groups -OCH3 is 1. The van der Waals surface area contributed by atoms with E-state index in [-0.39, 0.29) is 6.03 Å². The molecule has 1 rings (SSSR count). The van der Waals surface area contributed by atoms with E-state index < -0.39 is 0 Å². The Balaban J connectivity index is 2.27. The lowest BCUT2D eigenvalue weighted by atomic mass is 10.1. The molecule has 4 nitrogen and oxygen atoms in total. The molecule has 0 saturated heterocycles. The molecule has 0 saturated carbocycles. The van der Waals surface area contributed by atoms with Crippen LogP contribution in [0.5, 0.6) is 5.75 Å². The Hall–Kier alpha value is -1.97. The summed E-state index contributed by atoms with van der Waals surface area (Å²) in [6.45, 7) is 4.64. The smallest absolute Gasteiger partial charge is 0.318 e. The molecule has 0 spiro atoms. The molecule has 0 radical (unpaired) electrons. The van der Waals surface area contributed by atoms with Gasteiger partial charge in [-0.2, -0.15) is 0 Å². The Morgan fingerprint density at radius 1 is 1.32 bits per heavy atom. The quantitative estimate of drug-likeness (QED) is 0.828. The molecule has 0 aliphatic carbocycles. The highest BCUT2D eigenvalue weighted by molar-refractivity contribution is 5.74. The number of amides is 2. The van der Waals surface area contributed by atoms with Gasteiger partial charge in [0.15, 0.2) is 0 Å². The highest BCUT2D eigenvalue weighted by Crippen LogP contribution is 2.11. The fraction of sp³-hybridized carbons (Fsp3) is 0.400. The molecule has 0 fully saturated rings. The van der Waals surface area contributed by atoms with Crippen molar-refractivity contribution in [2.75, 3.05) is 13.7 Å². The Kier molecular flexibility index (Phi) is 6.50. The molecule has 0 bridgehead atoms. The zero-order valence-corrected chi connectivity index (χ0v) is 11.8. The van der Waals surface area contributed by atoms with Crippen LogP contribution in [0.15, 0.2) is 36.0 Å². The van der Waals surface area contributed by atoms with Gasteiger partial charge in [-0.15, -0.1) is 0 Å². The van der Waals surface area contributed by atoms with Crippen LogP contribution in [0.4, 0.5) is 4.79 Å². The van der Waals surface area contributed by atoms with Crippen LogP contribution in [0.2, 0.25) is 0 Å². The van der Waals surface area contributed by atoms with Gasteiger partial charge in [0, 0.05) is 12.7 Å². The average molecular weight is 262 g/mol. The summed E-state index contributed by atoms with van der Waals surface area (Å²) in [7, 11) is 1.65. The van der Waals surface area contributed by atoms with E-state index >= 15 is 0 Å². The first-order chi connectivity index (χ1) is 9.15. The molecule has 4 heteroatoms. The van der Waals surface area contributed by atoms with E-state index in [0.29, 0.717) is 6.54 Å². The summed E-state index contributed by atoms with van der Waals surface area (Å²) in [5.74, 6) is 0.842. The van der Waals surface area contributed by atoms with Gasteiger partial charge in [-0.05, 0) is 37.5 Å². The number of urea groups is 1. The van der Waals surface area contributed by atoms with Crippen molar-refractivity contribution in [1.82, 2.24) is 10.6 Å². The Morgan fingerprint density at radius 2 is 2.00 bits per heavy atom. The Morgan fingerprint density at radius 3 is 2.58 bits per heavy atom. The molecule has 1 aromatic rings. The van der Waals surface area contributed by atoms with Crippen LogP contribution < -0.4 is 15.4 Å². The summed E-state index contributed by atoms with van der Waals surface area (Å²) in [4.78, 5) is 11.5. The maximum absolute atomic E-state index is 11.5. The first kappa shape index (κ1) is 15.1. The molecule has 0 atom stereocenters. The van der Waals surface area contributed by atoms with Crippen molar-refractivity contribution < 1.29 is 9.53 Å². The van der Waals surface area contributed by atoms with Gasteiger partial charge >= 0.3 is 6.03 Å². The zero-order chi connectivity index (χ0) is 14.1. The summed E-state index contributed by atoms with van der Waals surface area (Å²) in [5, 5.41) is 5.52. The number of hydrogen-bond donors (Lipinski definition) is 2. The number of nitrogens with one attached hydrogen (secondary N) is 2. The van der Waals surface area contributed by atoms with Gasteiger partial charge in [0.2, 0.25) is 0 Å². The third kappa shape index (κ3) is 5.95. The SMILES string of the molecule is CC/C(C)=C/NC(=O)NCCc1ccc(OC)cc1. The fourth-order valence-corrected chi connectivity index (χ4v) is 1.45. The molecular formula is C15H22N2O2. The molecule has 0 heterocycles. The van der Waals surface area contributed by atoms with E-state index in [4.69, 9.17) is 4.74 Å². The zero-order valence-electron chi connectivity index (χ0n) is 11.8. The molecule has 1 aromatic carbocycles. The van der Waals surface area contributed by atoms with Gasteiger partial charge in [-0.25, -0.2) is 4.79 Å². The summed E-state index contributed by atoms with van der Waals surface area (Å²) < 4.78 is 5.09. The normalized spacial score (nSPS) is 11.0. The summed E-state index contributed by atoms with van der Waals surface area (Å²) in [6, 6.07) is 7.67. The number of allylic oxidation sites excluding steroid dienone is 1. The first-order valence-corrected chi connectivity index (χ1v) is 6.48. The minimum absolute atomic E-state index is 0.165. The van der Waals surface area contributed by atoms with Crippen LogP contribution >= 0.6 is 0 Å². The van der Waals surface area contributed by atoms with Crippen molar-refractivity contribution >= 4 is 6.03 Å². The third-order valence-electron chi connectivity index (χ3n) is 2.87. The first-order valence-electron chi connectivity index (χ1n) is 6.48. The fourth-order valence-electron chi connectivity index (χ4n) is 1.45. The van der Waals surface area contributed by atoms with Crippen molar-refractivity contribution in [2.45, 2.75) is 26.7 Å². The van der Waals surface area contributed by atoms with Crippen molar-refractivity contribution in [1.29, 1.82) is 0 Å². The predicted octanol–water partition coefficient (Wildman–Crippen LogP) is 2.85. The molecule has 0 aliphatic heterocycles. The summed E-state index contributed by atoms with van der Waals surface area (Å²) in [6.07, 6.45) is 3.47. The van der Waals surface area contributed by atoms with Crippen molar-refractivity contribution in [2.24, 2.45) is 0 Å². The minimum atomic E-state index is -0.165. The van der Waals surface area contributed by atoms with Gasteiger partial charge in [0.25, 0.3) is 0 Å². The predicted molar refractivity (Wildman–Crippen MR) is 77.3 cm³/mol. The Bertz CT molecular complexity index is 424. The van der Waals surface area contributed by atoms with Crippen LogP contribution in [0.25, 0.3) is 0 Å². The lowest BCUT2D eigenvalue weighted by Gasteiger charge is -2.06. The number of carbonyl (C=O) groups excluding carboxylic acids is 1. The molecule has 0 aromatic heterocycles. The van der Waals surface area contributed by atoms with Crippen LogP contribution in [-0.4, -0.2) is 19.7 Å². The largest absolute Gasteiger partial charge is 0.497 e. The van der Waals surface area contributed by atoms with Crippen molar-refractivity contribution in [3.05, 3.63) is 41.6 Å². The monoisotopic (exact) mass is 262 g/mol. The van der Waals surface area contributed by atoms with Gasteiger partial charge in [0.05, 0.1) is 7.11 Å². The highest BCUT2D eigenvalue weighted by Gasteiger charge is 1.98. The van der Waals surface area contributed by atoms with Crippen molar-refractivity contribution in [3.8, 4) is 5.75 Å². The standard InChI is InChI=1S/C15H22N2O2/c1-4-12(2)11-17-15(18)16-10-9-13-5-7-14(19-3)8-6-13/h5-8,11H,4,9-10H2,1-3H3,(H2,16,17,18)/b12-11+. The Labute approximate surface area is 114 Å². The molecule has 2 N–H and O–H groups in total. The van der Waals surface area contributed by atoms with Gasteiger partial charge in [-0.1, -0.05) is 24.6 Å². The number of ether oxygens (including phenoxy) is 1. The number of carbonyl (C=O) groups is 1. The van der Waals surface area contributed by atoms with E-state index in [1.807, 2.05) is 31.2 Å². The molecule has 0 aliphatic rings. The average Bonchev–Trinajstić information content (AvgIpc) is 2.45. The van der Waals surface area contributed by atoms with Gasteiger partial charge in [0.1, 0.15) is 5.75 Å². The van der Waals surface area contributed by atoms with Crippen LogP contribution in [0.1, 0.15) is 25.8 Å². The second kappa shape index (κ2) is 8.19. The van der Waals surface area contributed by atoms with E-state index in [2.05, 4.69) is 17.6 Å². The van der Waals surface area contributed by atoms with Gasteiger partial charge < -0.3 is 15.4 Å².